The first-order chi connectivity index (χ1) is 15.6. The van der Waals surface area contributed by atoms with E-state index >= 15 is 0 Å². The number of amides is 2. The number of nitrogens with one attached hydrogen (secondary N) is 2. The third-order valence-corrected chi connectivity index (χ3v) is 5.65. The highest BCUT2D eigenvalue weighted by molar-refractivity contribution is 6.30. The summed E-state index contributed by atoms with van der Waals surface area (Å²) in [5.41, 5.74) is 1.16. The van der Waals surface area contributed by atoms with Crippen LogP contribution in [0.4, 0.5) is 5.69 Å². The number of aromatic nitrogens is 1. The lowest BCUT2D eigenvalue weighted by atomic mass is 10.1. The second-order valence-corrected chi connectivity index (χ2v) is 8.69. The van der Waals surface area contributed by atoms with Crippen LogP contribution in [0.25, 0.3) is 0 Å². The lowest BCUT2D eigenvalue weighted by Crippen LogP contribution is -2.43. The summed E-state index contributed by atoms with van der Waals surface area (Å²) in [5, 5.41) is 6.42. The molecular formula is C26H37ClN3O2+. The molecular weight excluding hydrogens is 422 g/mol. The van der Waals surface area contributed by atoms with E-state index in [-0.39, 0.29) is 18.4 Å². The van der Waals surface area contributed by atoms with E-state index < -0.39 is 0 Å². The maximum Gasteiger partial charge on any atom is 0.285 e. The first-order valence-electron chi connectivity index (χ1n) is 11.9. The van der Waals surface area contributed by atoms with Crippen LogP contribution in [0.5, 0.6) is 0 Å². The average Bonchev–Trinajstić information content (AvgIpc) is 2.79. The summed E-state index contributed by atoms with van der Waals surface area (Å²) >= 11 is 5.87. The van der Waals surface area contributed by atoms with Crippen LogP contribution in [-0.4, -0.2) is 18.4 Å². The lowest BCUT2D eigenvalue weighted by molar-refractivity contribution is -0.684. The molecule has 2 aromatic rings. The lowest BCUT2D eigenvalue weighted by Gasteiger charge is -2.06. The zero-order valence-corrected chi connectivity index (χ0v) is 20.0. The topological polar surface area (TPSA) is 62.1 Å². The highest BCUT2D eigenvalue weighted by Gasteiger charge is 2.14. The third kappa shape index (κ3) is 10.8. The Labute approximate surface area is 197 Å². The van der Waals surface area contributed by atoms with E-state index in [4.69, 9.17) is 11.6 Å². The van der Waals surface area contributed by atoms with E-state index in [0.29, 0.717) is 22.8 Å². The number of hydrogen-bond acceptors (Lipinski definition) is 2. The van der Waals surface area contributed by atoms with Crippen molar-refractivity contribution in [3.63, 3.8) is 0 Å². The summed E-state index contributed by atoms with van der Waals surface area (Å²) < 4.78 is 1.73. The van der Waals surface area contributed by atoms with Gasteiger partial charge in [0.2, 0.25) is 6.54 Å². The molecule has 0 saturated carbocycles. The Kier molecular flexibility index (Phi) is 12.5. The van der Waals surface area contributed by atoms with Gasteiger partial charge in [0.05, 0.1) is 0 Å². The second-order valence-electron chi connectivity index (χ2n) is 8.26. The van der Waals surface area contributed by atoms with E-state index in [2.05, 4.69) is 17.6 Å². The first kappa shape index (κ1) is 25.9. The van der Waals surface area contributed by atoms with Crippen LogP contribution < -0.4 is 15.2 Å². The highest BCUT2D eigenvalue weighted by atomic mass is 35.5. The van der Waals surface area contributed by atoms with Crippen molar-refractivity contribution in [1.82, 2.24) is 5.32 Å². The molecule has 0 saturated heterocycles. The molecule has 0 bridgehead atoms. The molecule has 2 amide bonds. The minimum atomic E-state index is -0.229. The maximum atomic E-state index is 12.5. The van der Waals surface area contributed by atoms with Crippen LogP contribution in [0.15, 0.2) is 48.8 Å². The number of halogens is 1. The summed E-state index contributed by atoms with van der Waals surface area (Å²) in [4.78, 5) is 24.7. The molecule has 2 rings (SSSR count). The molecule has 5 nitrogen and oxygen atoms in total. The van der Waals surface area contributed by atoms with Gasteiger partial charge in [0, 0.05) is 23.3 Å². The fraction of sp³-hybridized carbons (Fsp3) is 0.500. The Morgan fingerprint density at radius 1 is 0.875 bits per heavy atom. The van der Waals surface area contributed by atoms with Gasteiger partial charge in [-0.25, -0.2) is 0 Å². The van der Waals surface area contributed by atoms with Crippen LogP contribution in [0, 0.1) is 0 Å². The zero-order chi connectivity index (χ0) is 23.0. The SMILES string of the molecule is CCCCCCCCCCCCNC(=O)C[n+]1cccc(C(=O)Nc2ccc(Cl)cc2)c1. The van der Waals surface area contributed by atoms with Gasteiger partial charge in [-0.15, -0.1) is 0 Å². The van der Waals surface area contributed by atoms with Crippen molar-refractivity contribution in [1.29, 1.82) is 0 Å². The number of carbonyl (C=O) groups excluding carboxylic acids is 2. The molecule has 2 N–H and O–H groups in total. The molecule has 0 aliphatic heterocycles. The third-order valence-electron chi connectivity index (χ3n) is 5.40. The van der Waals surface area contributed by atoms with Gasteiger partial charge < -0.3 is 10.6 Å². The molecule has 1 heterocycles. The zero-order valence-electron chi connectivity index (χ0n) is 19.2. The van der Waals surface area contributed by atoms with E-state index in [1.807, 2.05) is 0 Å². The van der Waals surface area contributed by atoms with E-state index in [1.54, 1.807) is 53.4 Å². The number of hydrogen-bond donors (Lipinski definition) is 2. The molecule has 6 heteroatoms. The predicted octanol–water partition coefficient (Wildman–Crippen LogP) is 5.92. The van der Waals surface area contributed by atoms with Gasteiger partial charge in [0.1, 0.15) is 5.56 Å². The van der Waals surface area contributed by atoms with Gasteiger partial charge >= 0.3 is 0 Å². The van der Waals surface area contributed by atoms with Gasteiger partial charge in [-0.2, -0.15) is 4.57 Å². The normalized spacial score (nSPS) is 10.7. The van der Waals surface area contributed by atoms with Gasteiger partial charge in [-0.1, -0.05) is 76.3 Å². The minimum absolute atomic E-state index is 0.0406. The molecule has 0 unspecified atom stereocenters. The van der Waals surface area contributed by atoms with Crippen molar-refractivity contribution in [3.8, 4) is 0 Å². The van der Waals surface area contributed by atoms with Crippen LogP contribution >= 0.6 is 11.6 Å². The molecule has 1 aromatic heterocycles. The molecule has 32 heavy (non-hydrogen) atoms. The number of nitrogens with zero attached hydrogens (tertiary/aromatic N) is 1. The quantitative estimate of drug-likeness (QED) is 0.257. The molecule has 0 aliphatic rings. The van der Waals surface area contributed by atoms with Crippen molar-refractivity contribution in [2.45, 2.75) is 77.7 Å². The summed E-state index contributed by atoms with van der Waals surface area (Å²) in [5.74, 6) is -0.270. The van der Waals surface area contributed by atoms with Gasteiger partial charge in [0.25, 0.3) is 11.8 Å². The molecule has 174 valence electrons. The number of rotatable bonds is 15. The Hall–Kier alpha value is -2.40. The first-order valence-corrected chi connectivity index (χ1v) is 12.3. The molecule has 0 aliphatic carbocycles. The Morgan fingerprint density at radius 2 is 1.50 bits per heavy atom. The monoisotopic (exact) mass is 458 g/mol. The van der Waals surface area contributed by atoms with Crippen LogP contribution in [-0.2, 0) is 11.3 Å². The van der Waals surface area contributed by atoms with Crippen molar-refractivity contribution in [3.05, 3.63) is 59.4 Å². The minimum Gasteiger partial charge on any atom is -0.351 e. The number of anilines is 1. The van der Waals surface area contributed by atoms with Crippen LogP contribution in [0.1, 0.15) is 81.5 Å². The Bertz CT molecular complexity index is 824. The summed E-state index contributed by atoms with van der Waals surface area (Å²) in [7, 11) is 0. The summed E-state index contributed by atoms with van der Waals surface area (Å²) in [6.45, 7) is 3.14. The van der Waals surface area contributed by atoms with Crippen molar-refractivity contribution in [2.24, 2.45) is 0 Å². The van der Waals surface area contributed by atoms with Crippen molar-refractivity contribution >= 4 is 29.1 Å². The largest absolute Gasteiger partial charge is 0.351 e. The molecule has 0 fully saturated rings. The fourth-order valence-electron chi connectivity index (χ4n) is 3.55. The number of pyridine rings is 1. The highest BCUT2D eigenvalue weighted by Crippen LogP contribution is 2.14. The maximum absolute atomic E-state index is 12.5. The molecule has 0 atom stereocenters. The van der Waals surface area contributed by atoms with E-state index in [9.17, 15) is 9.59 Å². The molecule has 1 aromatic carbocycles. The van der Waals surface area contributed by atoms with E-state index in [0.717, 1.165) is 12.8 Å². The molecule has 0 spiro atoms. The molecule has 0 radical (unpaired) electrons. The summed E-state index contributed by atoms with van der Waals surface area (Å²) in [6.07, 6.45) is 16.3. The second kappa shape index (κ2) is 15.4. The number of carbonyl (C=O) groups is 2. The fourth-order valence-corrected chi connectivity index (χ4v) is 3.68. The predicted molar refractivity (Wildman–Crippen MR) is 131 cm³/mol. The number of benzene rings is 1. The van der Waals surface area contributed by atoms with E-state index in [1.165, 1.54) is 51.4 Å². The van der Waals surface area contributed by atoms with Crippen LogP contribution in [0.2, 0.25) is 5.02 Å². The van der Waals surface area contributed by atoms with Gasteiger partial charge in [-0.3, -0.25) is 9.59 Å². The Balaban J connectivity index is 1.62. The number of unbranched alkanes of at least 4 members (excludes halogenated alkanes) is 9. The van der Waals surface area contributed by atoms with Crippen LogP contribution in [0.3, 0.4) is 0 Å². The Morgan fingerprint density at radius 3 is 2.16 bits per heavy atom. The summed E-state index contributed by atoms with van der Waals surface area (Å²) in [6, 6.07) is 10.4. The standard InChI is InChI=1S/C26H36ClN3O2/c1-2-3-4-5-6-7-8-9-10-11-18-28-25(31)21-30-19-12-13-22(20-30)26(32)29-24-16-14-23(27)15-17-24/h12-17,19-20H,2-11,18,21H2,1H3,(H-,28,29,31,32)/p+1. The van der Waals surface area contributed by atoms with Gasteiger partial charge in [-0.05, 0) is 36.8 Å². The van der Waals surface area contributed by atoms with Gasteiger partial charge in [0.15, 0.2) is 12.4 Å². The van der Waals surface area contributed by atoms with Crippen molar-refractivity contribution in [2.75, 3.05) is 11.9 Å². The average molecular weight is 459 g/mol. The van der Waals surface area contributed by atoms with Crippen molar-refractivity contribution < 1.29 is 14.2 Å². The smallest absolute Gasteiger partial charge is 0.285 e.